The van der Waals surface area contributed by atoms with Gasteiger partial charge < -0.3 is 10.2 Å². The maximum absolute atomic E-state index is 12.5. The standard InChI is InChI=1S/C17H25N3O.2ClH/c1-14(16-11-18-12-16)17(21)20-9-7-19(8-10-20)13-15-5-3-2-4-6-15;;/h2-6,14,16,18H,7-13H2,1H3;2*1H. The highest BCUT2D eigenvalue weighted by Gasteiger charge is 2.32. The van der Waals surface area contributed by atoms with Crippen molar-refractivity contribution < 1.29 is 4.79 Å². The normalized spacial score (nSPS) is 20.0. The largest absolute Gasteiger partial charge is 0.340 e. The fourth-order valence-corrected chi connectivity index (χ4v) is 3.12. The number of benzene rings is 1. The molecule has 1 aromatic carbocycles. The molecule has 23 heavy (non-hydrogen) atoms. The first-order chi connectivity index (χ1) is 10.2. The molecule has 0 aliphatic carbocycles. The summed E-state index contributed by atoms with van der Waals surface area (Å²) in [5, 5.41) is 3.26. The summed E-state index contributed by atoms with van der Waals surface area (Å²) in [6.45, 7) is 8.79. The van der Waals surface area contributed by atoms with Crippen LogP contribution in [-0.2, 0) is 11.3 Å². The summed E-state index contributed by atoms with van der Waals surface area (Å²) in [6, 6.07) is 10.6. The van der Waals surface area contributed by atoms with Crippen molar-refractivity contribution in [3.63, 3.8) is 0 Å². The van der Waals surface area contributed by atoms with Gasteiger partial charge in [0.05, 0.1) is 0 Å². The van der Waals surface area contributed by atoms with Crippen LogP contribution in [0.3, 0.4) is 0 Å². The van der Waals surface area contributed by atoms with E-state index >= 15 is 0 Å². The van der Waals surface area contributed by atoms with Crippen LogP contribution in [0.1, 0.15) is 12.5 Å². The molecule has 1 unspecified atom stereocenters. The molecule has 1 aromatic rings. The molecule has 2 aliphatic rings. The number of amides is 1. The van der Waals surface area contributed by atoms with Gasteiger partial charge in [-0.25, -0.2) is 0 Å². The van der Waals surface area contributed by atoms with E-state index in [2.05, 4.69) is 52.4 Å². The van der Waals surface area contributed by atoms with Crippen LogP contribution in [-0.4, -0.2) is 55.0 Å². The Bertz CT molecular complexity index is 474. The molecule has 130 valence electrons. The Balaban J connectivity index is 0.00000132. The zero-order valence-corrected chi connectivity index (χ0v) is 15.2. The van der Waals surface area contributed by atoms with Crippen molar-refractivity contribution in [2.75, 3.05) is 39.3 Å². The van der Waals surface area contributed by atoms with Gasteiger partial charge in [0.15, 0.2) is 0 Å². The molecule has 4 nitrogen and oxygen atoms in total. The molecule has 2 aliphatic heterocycles. The van der Waals surface area contributed by atoms with Crippen LogP contribution in [0.25, 0.3) is 0 Å². The number of carbonyl (C=O) groups excluding carboxylic acids is 1. The fraction of sp³-hybridized carbons (Fsp3) is 0.588. The first-order valence-corrected chi connectivity index (χ1v) is 8.00. The molecule has 2 heterocycles. The number of carbonyl (C=O) groups is 1. The molecule has 0 radical (unpaired) electrons. The van der Waals surface area contributed by atoms with Gasteiger partial charge >= 0.3 is 0 Å². The maximum atomic E-state index is 12.5. The molecule has 0 aromatic heterocycles. The summed E-state index contributed by atoms with van der Waals surface area (Å²) in [6.07, 6.45) is 0. The van der Waals surface area contributed by atoms with Crippen LogP contribution in [0, 0.1) is 11.8 Å². The van der Waals surface area contributed by atoms with E-state index < -0.39 is 0 Å². The van der Waals surface area contributed by atoms with Gasteiger partial charge in [0.2, 0.25) is 5.91 Å². The first-order valence-electron chi connectivity index (χ1n) is 8.00. The summed E-state index contributed by atoms with van der Waals surface area (Å²) < 4.78 is 0. The summed E-state index contributed by atoms with van der Waals surface area (Å²) in [5.74, 6) is 1.06. The van der Waals surface area contributed by atoms with Crippen molar-refractivity contribution >= 4 is 30.7 Å². The molecule has 1 atom stereocenters. The Labute approximate surface area is 151 Å². The zero-order chi connectivity index (χ0) is 14.7. The highest BCUT2D eigenvalue weighted by atomic mass is 35.5. The predicted octanol–water partition coefficient (Wildman–Crippen LogP) is 2.03. The molecule has 0 saturated carbocycles. The Kier molecular flexibility index (Phi) is 8.34. The van der Waals surface area contributed by atoms with Crippen LogP contribution < -0.4 is 5.32 Å². The van der Waals surface area contributed by atoms with E-state index in [1.54, 1.807) is 0 Å². The van der Waals surface area contributed by atoms with Gasteiger partial charge in [0.1, 0.15) is 0 Å². The lowest BCUT2D eigenvalue weighted by atomic mass is 9.88. The summed E-state index contributed by atoms with van der Waals surface area (Å²) >= 11 is 0. The summed E-state index contributed by atoms with van der Waals surface area (Å²) in [7, 11) is 0. The minimum absolute atomic E-state index is 0. The second kappa shape index (κ2) is 9.48. The fourth-order valence-electron chi connectivity index (χ4n) is 3.12. The van der Waals surface area contributed by atoms with E-state index in [-0.39, 0.29) is 30.7 Å². The number of rotatable bonds is 4. The van der Waals surface area contributed by atoms with Crippen molar-refractivity contribution in [1.29, 1.82) is 0 Å². The Hall–Kier alpha value is -0.810. The average Bonchev–Trinajstić information content (AvgIpc) is 2.46. The molecule has 0 bridgehead atoms. The number of nitrogens with one attached hydrogen (secondary N) is 1. The van der Waals surface area contributed by atoms with Gasteiger partial charge in [-0.15, -0.1) is 24.8 Å². The molecule has 2 saturated heterocycles. The molecular formula is C17H27Cl2N3O. The van der Waals surface area contributed by atoms with E-state index in [1.165, 1.54) is 5.56 Å². The minimum atomic E-state index is 0. The minimum Gasteiger partial charge on any atom is -0.340 e. The van der Waals surface area contributed by atoms with Crippen molar-refractivity contribution in [1.82, 2.24) is 15.1 Å². The van der Waals surface area contributed by atoms with Gasteiger partial charge in [0, 0.05) is 38.6 Å². The number of nitrogens with zero attached hydrogens (tertiary/aromatic N) is 2. The van der Waals surface area contributed by atoms with Crippen LogP contribution in [0.15, 0.2) is 30.3 Å². The number of hydrogen-bond acceptors (Lipinski definition) is 3. The van der Waals surface area contributed by atoms with Crippen LogP contribution >= 0.6 is 24.8 Å². The molecule has 0 spiro atoms. The highest BCUT2D eigenvalue weighted by Crippen LogP contribution is 2.19. The molecule has 6 heteroatoms. The second-order valence-electron chi connectivity index (χ2n) is 6.29. The monoisotopic (exact) mass is 359 g/mol. The van der Waals surface area contributed by atoms with Crippen molar-refractivity contribution in [2.45, 2.75) is 13.5 Å². The first kappa shape index (κ1) is 20.2. The van der Waals surface area contributed by atoms with Crippen LogP contribution in [0.2, 0.25) is 0 Å². The zero-order valence-electron chi connectivity index (χ0n) is 13.6. The van der Waals surface area contributed by atoms with Crippen molar-refractivity contribution in [2.24, 2.45) is 11.8 Å². The topological polar surface area (TPSA) is 35.6 Å². The van der Waals surface area contributed by atoms with Crippen molar-refractivity contribution in [3.8, 4) is 0 Å². The van der Waals surface area contributed by atoms with E-state index in [0.717, 1.165) is 45.8 Å². The number of piperazine rings is 1. The SMILES string of the molecule is CC(C(=O)N1CCN(Cc2ccccc2)CC1)C1CNC1.Cl.Cl. The Morgan fingerprint density at radius 1 is 1.13 bits per heavy atom. The van der Waals surface area contributed by atoms with Crippen molar-refractivity contribution in [3.05, 3.63) is 35.9 Å². The van der Waals surface area contributed by atoms with Gasteiger partial charge in [-0.1, -0.05) is 37.3 Å². The van der Waals surface area contributed by atoms with E-state index in [1.807, 2.05) is 0 Å². The lowest BCUT2D eigenvalue weighted by molar-refractivity contribution is -0.139. The lowest BCUT2D eigenvalue weighted by Gasteiger charge is -2.39. The predicted molar refractivity (Wildman–Crippen MR) is 98.3 cm³/mol. The summed E-state index contributed by atoms with van der Waals surface area (Å²) in [5.41, 5.74) is 1.35. The smallest absolute Gasteiger partial charge is 0.225 e. The third kappa shape index (κ3) is 5.08. The van der Waals surface area contributed by atoms with Gasteiger partial charge in [0.25, 0.3) is 0 Å². The van der Waals surface area contributed by atoms with Crippen LogP contribution in [0.5, 0.6) is 0 Å². The highest BCUT2D eigenvalue weighted by molar-refractivity contribution is 5.85. The summed E-state index contributed by atoms with van der Waals surface area (Å²) in [4.78, 5) is 17.0. The molecular weight excluding hydrogens is 333 g/mol. The molecule has 1 N–H and O–H groups in total. The lowest BCUT2D eigenvalue weighted by Crippen LogP contribution is -2.54. The van der Waals surface area contributed by atoms with E-state index in [0.29, 0.717) is 11.8 Å². The second-order valence-corrected chi connectivity index (χ2v) is 6.29. The van der Waals surface area contributed by atoms with Gasteiger partial charge in [-0.05, 0) is 24.6 Å². The van der Waals surface area contributed by atoms with Gasteiger partial charge in [-0.2, -0.15) is 0 Å². The third-order valence-electron chi connectivity index (χ3n) is 4.84. The number of hydrogen-bond donors (Lipinski definition) is 1. The third-order valence-corrected chi connectivity index (χ3v) is 4.84. The molecule has 3 rings (SSSR count). The maximum Gasteiger partial charge on any atom is 0.225 e. The Morgan fingerprint density at radius 2 is 1.74 bits per heavy atom. The Morgan fingerprint density at radius 3 is 2.26 bits per heavy atom. The quantitative estimate of drug-likeness (QED) is 0.893. The van der Waals surface area contributed by atoms with Crippen LogP contribution in [0.4, 0.5) is 0 Å². The van der Waals surface area contributed by atoms with E-state index in [4.69, 9.17) is 0 Å². The van der Waals surface area contributed by atoms with E-state index in [9.17, 15) is 4.79 Å². The average molecular weight is 360 g/mol. The number of halogens is 2. The van der Waals surface area contributed by atoms with Gasteiger partial charge in [-0.3, -0.25) is 9.69 Å². The molecule has 2 fully saturated rings. The molecule has 1 amide bonds.